The zero-order valence-corrected chi connectivity index (χ0v) is 54.5. The summed E-state index contributed by atoms with van der Waals surface area (Å²) >= 11 is 13.4. The first-order chi connectivity index (χ1) is 47.0. The number of nitrogens with one attached hydrogen (secondary N) is 1. The van der Waals surface area contributed by atoms with Gasteiger partial charge in [-0.1, -0.05) is 231 Å². The highest BCUT2D eigenvalue weighted by molar-refractivity contribution is 7.28. The first-order valence-electron chi connectivity index (χ1n) is 31.4. The number of halogens is 1. The van der Waals surface area contributed by atoms with Gasteiger partial charge >= 0.3 is 0 Å². The van der Waals surface area contributed by atoms with Gasteiger partial charge in [0.1, 0.15) is 0 Å². The third-order valence-electron chi connectivity index (χ3n) is 18.2. The molecule has 0 aliphatic rings. The van der Waals surface area contributed by atoms with E-state index in [0.29, 0.717) is 5.95 Å². The van der Waals surface area contributed by atoms with Gasteiger partial charge in [-0.3, -0.25) is 4.90 Å². The molecule has 95 heavy (non-hydrogen) atoms. The Morgan fingerprint density at radius 1 is 0.305 bits per heavy atom. The SMILES string of the molecule is Clc1nc(-c2ccc3ccccc3c2)c2sc3ccccc3c2n1.c1ccc(N(c2nc(-c3ccc4ccccc4c3)c3sc4ccccc4c3n2)c2cc3ccccc3c3c2sc2ccccc23)cc1.c1ccc2c(c1)[nH]c1c3sc4ccccc4c3c3ccccc3c21. The molecule has 7 heterocycles. The highest BCUT2D eigenvalue weighted by atomic mass is 35.5. The number of benzene rings is 14. The summed E-state index contributed by atoms with van der Waals surface area (Å²) in [5, 5.41) is 20.5. The van der Waals surface area contributed by atoms with Crippen LogP contribution in [0.25, 0.3) is 168 Å². The molecular formula is C84H49ClN6S4. The van der Waals surface area contributed by atoms with E-state index < -0.39 is 0 Å². The van der Waals surface area contributed by atoms with Crippen LogP contribution in [0.1, 0.15) is 0 Å². The fourth-order valence-electron chi connectivity index (χ4n) is 14.0. The molecule has 0 atom stereocenters. The first kappa shape index (κ1) is 55.7. The molecule has 6 nitrogen and oxygen atoms in total. The third-order valence-corrected chi connectivity index (χ3v) is 23.1. The van der Waals surface area contributed by atoms with Crippen LogP contribution in [0.3, 0.4) is 0 Å². The van der Waals surface area contributed by atoms with E-state index in [1.165, 1.54) is 115 Å². The molecule has 0 radical (unpaired) electrons. The van der Waals surface area contributed by atoms with Crippen molar-refractivity contribution in [2.45, 2.75) is 0 Å². The summed E-state index contributed by atoms with van der Waals surface area (Å²) in [7, 11) is 0. The lowest BCUT2D eigenvalue weighted by molar-refractivity contribution is 1.12. The Balaban J connectivity index is 0.000000111. The van der Waals surface area contributed by atoms with Crippen LogP contribution in [0.5, 0.6) is 0 Å². The summed E-state index contributed by atoms with van der Waals surface area (Å²) in [6, 6.07) is 103. The van der Waals surface area contributed by atoms with Crippen molar-refractivity contribution in [3.05, 3.63) is 296 Å². The molecule has 0 saturated carbocycles. The number of rotatable bonds is 5. The lowest BCUT2D eigenvalue weighted by Gasteiger charge is -2.25. The summed E-state index contributed by atoms with van der Waals surface area (Å²) in [4.78, 5) is 25.9. The molecule has 21 rings (SSSR count). The van der Waals surface area contributed by atoms with Gasteiger partial charge in [0, 0.05) is 84.2 Å². The molecule has 0 amide bonds. The zero-order valence-electron chi connectivity index (χ0n) is 50.5. The Labute approximate surface area is 564 Å². The predicted molar refractivity (Wildman–Crippen MR) is 412 cm³/mol. The lowest BCUT2D eigenvalue weighted by atomic mass is 9.99. The van der Waals surface area contributed by atoms with Crippen LogP contribution in [0.2, 0.25) is 5.28 Å². The Bertz CT molecular complexity index is 6550. The minimum Gasteiger partial charge on any atom is -0.353 e. The molecule has 446 valence electrons. The fourth-order valence-corrected chi connectivity index (χ4v) is 18.9. The molecule has 0 spiro atoms. The van der Waals surface area contributed by atoms with Crippen LogP contribution in [0.15, 0.2) is 291 Å². The van der Waals surface area contributed by atoms with Crippen molar-refractivity contribution in [1.82, 2.24) is 24.9 Å². The van der Waals surface area contributed by atoms with Crippen LogP contribution in [0, 0.1) is 0 Å². The van der Waals surface area contributed by atoms with E-state index in [-0.39, 0.29) is 5.28 Å². The van der Waals surface area contributed by atoms with Gasteiger partial charge in [0.05, 0.1) is 52.4 Å². The number of hydrogen-bond acceptors (Lipinski definition) is 9. The van der Waals surface area contributed by atoms with Crippen LogP contribution in [-0.4, -0.2) is 24.9 Å². The van der Waals surface area contributed by atoms with Crippen LogP contribution in [-0.2, 0) is 0 Å². The number of thiophene rings is 4. The summed E-state index contributed by atoms with van der Waals surface area (Å²) < 4.78 is 9.79. The molecule has 0 aliphatic heterocycles. The van der Waals surface area contributed by atoms with Crippen LogP contribution >= 0.6 is 56.9 Å². The summed E-state index contributed by atoms with van der Waals surface area (Å²) in [5.74, 6) is 0.657. The first-order valence-corrected chi connectivity index (χ1v) is 35.1. The zero-order chi connectivity index (χ0) is 62.7. The number of fused-ring (bicyclic) bond motifs is 23. The van der Waals surface area contributed by atoms with Crippen molar-refractivity contribution in [2.24, 2.45) is 0 Å². The van der Waals surface area contributed by atoms with Gasteiger partial charge in [-0.2, -0.15) is 0 Å². The van der Waals surface area contributed by atoms with Gasteiger partial charge < -0.3 is 4.98 Å². The van der Waals surface area contributed by atoms with E-state index in [2.05, 4.69) is 287 Å². The van der Waals surface area contributed by atoms with E-state index in [4.69, 9.17) is 21.6 Å². The second kappa shape index (κ2) is 22.7. The van der Waals surface area contributed by atoms with Crippen LogP contribution in [0.4, 0.5) is 17.3 Å². The molecule has 1 N–H and O–H groups in total. The molecule has 21 aromatic rings. The molecular weight excluding hydrogens is 1260 g/mol. The number of H-pyrrole nitrogens is 1. The minimum atomic E-state index is 0.286. The molecule has 0 bridgehead atoms. The van der Waals surface area contributed by atoms with Crippen molar-refractivity contribution in [1.29, 1.82) is 0 Å². The summed E-state index contributed by atoms with van der Waals surface area (Å²) in [6.45, 7) is 0. The van der Waals surface area contributed by atoms with Gasteiger partial charge in [-0.05, 0) is 115 Å². The molecule has 0 unspecified atom stereocenters. The molecule has 7 aromatic heterocycles. The van der Waals surface area contributed by atoms with Crippen molar-refractivity contribution in [3.8, 4) is 22.5 Å². The fraction of sp³-hybridized carbons (Fsp3) is 0. The number of aromatic nitrogens is 5. The Morgan fingerprint density at radius 2 is 0.737 bits per heavy atom. The van der Waals surface area contributed by atoms with E-state index in [9.17, 15) is 0 Å². The predicted octanol–water partition coefficient (Wildman–Crippen LogP) is 25.8. The normalized spacial score (nSPS) is 11.8. The topological polar surface area (TPSA) is 70.6 Å². The van der Waals surface area contributed by atoms with Crippen molar-refractivity contribution < 1.29 is 0 Å². The second-order valence-corrected chi connectivity index (χ2v) is 28.3. The van der Waals surface area contributed by atoms with E-state index in [0.717, 1.165) is 65.1 Å². The Kier molecular flexibility index (Phi) is 13.3. The highest BCUT2D eigenvalue weighted by Gasteiger charge is 2.26. The summed E-state index contributed by atoms with van der Waals surface area (Å²) in [5.41, 5.74) is 10.5. The maximum absolute atomic E-state index is 6.23. The number of nitrogens with zero attached hydrogens (tertiary/aromatic N) is 5. The number of hydrogen-bond donors (Lipinski definition) is 1. The van der Waals surface area contributed by atoms with Gasteiger partial charge in [0.15, 0.2) is 0 Å². The molecule has 0 saturated heterocycles. The van der Waals surface area contributed by atoms with E-state index in [1.807, 2.05) is 46.9 Å². The van der Waals surface area contributed by atoms with Gasteiger partial charge in [0.2, 0.25) is 11.2 Å². The molecule has 14 aromatic carbocycles. The van der Waals surface area contributed by atoms with Gasteiger partial charge in [-0.25, -0.2) is 19.9 Å². The van der Waals surface area contributed by atoms with Crippen LogP contribution < -0.4 is 4.90 Å². The average Bonchev–Trinajstić information content (AvgIpc) is 1.60. The number of para-hydroxylation sites is 2. The van der Waals surface area contributed by atoms with Crippen molar-refractivity contribution >= 4 is 220 Å². The largest absolute Gasteiger partial charge is 0.353 e. The lowest BCUT2D eigenvalue weighted by Crippen LogP contribution is -2.14. The van der Waals surface area contributed by atoms with Gasteiger partial charge in [0.25, 0.3) is 0 Å². The monoisotopic (exact) mass is 1300 g/mol. The number of aromatic amines is 1. The average molecular weight is 1310 g/mol. The Hall–Kier alpha value is -11.0. The quantitative estimate of drug-likeness (QED) is 0.174. The standard InChI is InChI=1S/C42H25N3S2.C22H13NS.C20H11ClN2S/c1-2-15-30(16-3-1)45(34-25-28-14-6-7-17-31(28)37-32-18-8-10-20-35(32)46-40(34)37)42-43-38(29-23-22-26-12-4-5-13-27(26)24-29)41-39(44-42)33-19-9-11-21-36(33)47-41;1-2-8-14-13(7-1)19-15-9-3-5-11-17(15)23-21(19)22-20(14)16-10-4-6-12-18(16)24-22;21-20-22-17(14-10-9-12-5-1-2-6-13(12)11-14)19-18(23-20)15-7-3-4-8-16(15)24-19/h1-25H;1-12,23H;1-11H. The summed E-state index contributed by atoms with van der Waals surface area (Å²) in [6.07, 6.45) is 0. The minimum absolute atomic E-state index is 0.286. The van der Waals surface area contributed by atoms with Gasteiger partial charge in [-0.15, -0.1) is 45.3 Å². The number of anilines is 3. The van der Waals surface area contributed by atoms with Crippen molar-refractivity contribution in [2.75, 3.05) is 4.90 Å². The third kappa shape index (κ3) is 9.31. The molecule has 0 aliphatic carbocycles. The Morgan fingerprint density at radius 3 is 1.35 bits per heavy atom. The van der Waals surface area contributed by atoms with E-state index >= 15 is 0 Å². The maximum atomic E-state index is 6.23. The van der Waals surface area contributed by atoms with E-state index in [1.54, 1.807) is 22.7 Å². The molecule has 0 fully saturated rings. The smallest absolute Gasteiger partial charge is 0.235 e. The maximum Gasteiger partial charge on any atom is 0.235 e. The second-order valence-electron chi connectivity index (χ2n) is 23.7. The molecule has 11 heteroatoms. The highest BCUT2D eigenvalue weighted by Crippen LogP contribution is 2.50. The van der Waals surface area contributed by atoms with Crippen molar-refractivity contribution in [3.63, 3.8) is 0 Å².